The fourth-order valence-electron chi connectivity index (χ4n) is 3.50. The number of benzene rings is 3. The minimum Gasteiger partial charge on any atom is -0.494 e. The SMILES string of the molecule is Cc1ccc(OCCCC(=O)Nc2ccc3c(c2)OCC(=O)N3Cc2ccccc2)cc1. The van der Waals surface area contributed by atoms with Gasteiger partial charge >= 0.3 is 0 Å². The summed E-state index contributed by atoms with van der Waals surface area (Å²) in [6.07, 6.45) is 0.961. The smallest absolute Gasteiger partial charge is 0.265 e. The predicted octanol–water partition coefficient (Wildman–Crippen LogP) is 4.72. The Kier molecular flexibility index (Phi) is 6.70. The molecule has 32 heavy (non-hydrogen) atoms. The van der Waals surface area contributed by atoms with E-state index in [-0.39, 0.29) is 18.4 Å². The molecule has 0 fully saturated rings. The van der Waals surface area contributed by atoms with Crippen LogP contribution in [0.1, 0.15) is 24.0 Å². The number of hydrogen-bond donors (Lipinski definition) is 1. The number of fused-ring (bicyclic) bond motifs is 1. The number of carbonyl (C=O) groups excluding carboxylic acids is 2. The van der Waals surface area contributed by atoms with Gasteiger partial charge in [0.25, 0.3) is 5.91 Å². The number of rotatable bonds is 8. The standard InChI is InChI=1S/C26H26N2O4/c1-19-9-12-22(13-10-19)31-15-5-8-25(29)27-21-11-14-23-24(16-21)32-18-26(30)28(23)17-20-6-3-2-4-7-20/h2-4,6-7,9-14,16H,5,8,15,17-18H2,1H3,(H,27,29). The molecule has 3 aromatic carbocycles. The number of amides is 2. The summed E-state index contributed by atoms with van der Waals surface area (Å²) in [4.78, 5) is 26.4. The molecule has 1 aliphatic heterocycles. The number of hydrogen-bond acceptors (Lipinski definition) is 4. The van der Waals surface area contributed by atoms with Crippen LogP contribution in [0.4, 0.5) is 11.4 Å². The van der Waals surface area contributed by atoms with Crippen molar-refractivity contribution in [2.75, 3.05) is 23.4 Å². The Bertz CT molecular complexity index is 1080. The van der Waals surface area contributed by atoms with Gasteiger partial charge in [-0.2, -0.15) is 0 Å². The van der Waals surface area contributed by atoms with Crippen LogP contribution in [0.3, 0.4) is 0 Å². The van der Waals surface area contributed by atoms with Crippen molar-refractivity contribution in [2.45, 2.75) is 26.3 Å². The van der Waals surface area contributed by atoms with Crippen molar-refractivity contribution in [3.8, 4) is 11.5 Å². The van der Waals surface area contributed by atoms with Crippen molar-refractivity contribution < 1.29 is 19.1 Å². The molecule has 164 valence electrons. The van der Waals surface area contributed by atoms with Gasteiger partial charge < -0.3 is 19.7 Å². The Morgan fingerprint density at radius 3 is 2.62 bits per heavy atom. The van der Waals surface area contributed by atoms with Crippen LogP contribution in [0, 0.1) is 6.92 Å². The molecular weight excluding hydrogens is 404 g/mol. The van der Waals surface area contributed by atoms with Crippen LogP contribution in [0.2, 0.25) is 0 Å². The zero-order chi connectivity index (χ0) is 22.3. The van der Waals surface area contributed by atoms with Gasteiger partial charge in [0.1, 0.15) is 11.5 Å². The van der Waals surface area contributed by atoms with Gasteiger partial charge in [-0.1, -0.05) is 48.0 Å². The first-order valence-electron chi connectivity index (χ1n) is 10.7. The summed E-state index contributed by atoms with van der Waals surface area (Å²) < 4.78 is 11.3. The molecule has 0 radical (unpaired) electrons. The Hall–Kier alpha value is -3.80. The summed E-state index contributed by atoms with van der Waals surface area (Å²) >= 11 is 0. The van der Waals surface area contributed by atoms with Gasteiger partial charge in [0.2, 0.25) is 5.91 Å². The van der Waals surface area contributed by atoms with Gasteiger partial charge in [0.15, 0.2) is 6.61 Å². The number of ether oxygens (including phenoxy) is 2. The van der Waals surface area contributed by atoms with Crippen molar-refractivity contribution in [2.24, 2.45) is 0 Å². The third-order valence-electron chi connectivity index (χ3n) is 5.21. The number of carbonyl (C=O) groups is 2. The lowest BCUT2D eigenvalue weighted by Gasteiger charge is -2.29. The minimum absolute atomic E-state index is 0.0203. The molecule has 4 rings (SSSR count). The summed E-state index contributed by atoms with van der Waals surface area (Å²) in [6, 6.07) is 23.0. The number of nitrogens with zero attached hydrogens (tertiary/aromatic N) is 1. The molecule has 0 aromatic heterocycles. The van der Waals surface area contributed by atoms with E-state index in [1.807, 2.05) is 67.6 Å². The van der Waals surface area contributed by atoms with Gasteiger partial charge in [0, 0.05) is 18.2 Å². The van der Waals surface area contributed by atoms with E-state index >= 15 is 0 Å². The van der Waals surface area contributed by atoms with E-state index in [1.165, 1.54) is 5.56 Å². The van der Waals surface area contributed by atoms with E-state index in [9.17, 15) is 9.59 Å². The molecule has 6 nitrogen and oxygen atoms in total. The summed E-state index contributed by atoms with van der Waals surface area (Å²) in [7, 11) is 0. The van der Waals surface area contributed by atoms with Crippen LogP contribution >= 0.6 is 0 Å². The van der Waals surface area contributed by atoms with Crippen LogP contribution < -0.4 is 19.7 Å². The van der Waals surface area contributed by atoms with Crippen molar-refractivity contribution >= 4 is 23.2 Å². The quantitative estimate of drug-likeness (QED) is 0.525. The molecule has 0 unspecified atom stereocenters. The third-order valence-corrected chi connectivity index (χ3v) is 5.21. The first-order valence-corrected chi connectivity index (χ1v) is 10.7. The van der Waals surface area contributed by atoms with Gasteiger partial charge in [-0.15, -0.1) is 0 Å². The van der Waals surface area contributed by atoms with E-state index in [0.29, 0.717) is 43.1 Å². The highest BCUT2D eigenvalue weighted by atomic mass is 16.5. The lowest BCUT2D eigenvalue weighted by Crippen LogP contribution is -2.38. The molecule has 0 aliphatic carbocycles. The number of aryl methyl sites for hydroxylation is 1. The Morgan fingerprint density at radius 1 is 1.06 bits per heavy atom. The topological polar surface area (TPSA) is 67.9 Å². The summed E-state index contributed by atoms with van der Waals surface area (Å²) in [5.74, 6) is 1.20. The highest BCUT2D eigenvalue weighted by Crippen LogP contribution is 2.35. The summed E-state index contributed by atoms with van der Waals surface area (Å²) in [5, 5.41) is 2.90. The predicted molar refractivity (Wildman–Crippen MR) is 124 cm³/mol. The molecule has 1 aliphatic rings. The molecule has 6 heteroatoms. The number of anilines is 2. The zero-order valence-corrected chi connectivity index (χ0v) is 18.0. The van der Waals surface area contributed by atoms with Crippen LogP contribution in [0.5, 0.6) is 11.5 Å². The molecule has 0 saturated heterocycles. The Morgan fingerprint density at radius 2 is 1.84 bits per heavy atom. The fraction of sp³-hybridized carbons (Fsp3) is 0.231. The normalized spacial score (nSPS) is 12.7. The second kappa shape index (κ2) is 10.0. The lowest BCUT2D eigenvalue weighted by molar-refractivity contribution is -0.121. The van der Waals surface area contributed by atoms with Crippen molar-refractivity contribution in [3.05, 3.63) is 83.9 Å². The summed E-state index contributed by atoms with van der Waals surface area (Å²) in [5.41, 5.74) is 3.56. The maximum Gasteiger partial charge on any atom is 0.265 e. The second-order valence-corrected chi connectivity index (χ2v) is 7.75. The average Bonchev–Trinajstić information content (AvgIpc) is 2.80. The van der Waals surface area contributed by atoms with Gasteiger partial charge in [-0.25, -0.2) is 0 Å². The maximum atomic E-state index is 12.4. The van der Waals surface area contributed by atoms with E-state index in [1.54, 1.807) is 17.0 Å². The summed E-state index contributed by atoms with van der Waals surface area (Å²) in [6.45, 7) is 2.95. The highest BCUT2D eigenvalue weighted by Gasteiger charge is 2.26. The average molecular weight is 431 g/mol. The molecule has 1 N–H and O–H groups in total. The number of nitrogens with one attached hydrogen (secondary N) is 1. The van der Waals surface area contributed by atoms with Gasteiger partial charge in [-0.3, -0.25) is 9.59 Å². The lowest BCUT2D eigenvalue weighted by atomic mass is 10.1. The fourth-order valence-corrected chi connectivity index (χ4v) is 3.50. The van der Waals surface area contributed by atoms with E-state index in [0.717, 1.165) is 11.3 Å². The molecule has 3 aromatic rings. The first-order chi connectivity index (χ1) is 15.6. The highest BCUT2D eigenvalue weighted by molar-refractivity contribution is 5.99. The largest absolute Gasteiger partial charge is 0.494 e. The van der Waals surface area contributed by atoms with E-state index < -0.39 is 0 Å². The minimum atomic E-state index is -0.0921. The zero-order valence-electron chi connectivity index (χ0n) is 18.0. The maximum absolute atomic E-state index is 12.4. The van der Waals surface area contributed by atoms with Crippen LogP contribution in [0.25, 0.3) is 0 Å². The van der Waals surface area contributed by atoms with Crippen LogP contribution in [0.15, 0.2) is 72.8 Å². The van der Waals surface area contributed by atoms with E-state index in [4.69, 9.17) is 9.47 Å². The van der Waals surface area contributed by atoms with Crippen LogP contribution in [-0.4, -0.2) is 25.0 Å². The Labute approximate surface area is 187 Å². The molecule has 0 atom stereocenters. The molecule has 0 bridgehead atoms. The Balaban J connectivity index is 1.31. The van der Waals surface area contributed by atoms with Crippen molar-refractivity contribution in [1.29, 1.82) is 0 Å². The van der Waals surface area contributed by atoms with Gasteiger partial charge in [-0.05, 0) is 43.2 Å². The van der Waals surface area contributed by atoms with Gasteiger partial charge in [0.05, 0.1) is 18.8 Å². The molecular formula is C26H26N2O4. The van der Waals surface area contributed by atoms with Crippen molar-refractivity contribution in [1.82, 2.24) is 0 Å². The van der Waals surface area contributed by atoms with E-state index in [2.05, 4.69) is 5.32 Å². The van der Waals surface area contributed by atoms with Crippen molar-refractivity contribution in [3.63, 3.8) is 0 Å². The molecule has 1 heterocycles. The second-order valence-electron chi connectivity index (χ2n) is 7.75. The monoisotopic (exact) mass is 430 g/mol. The third kappa shape index (κ3) is 5.46. The molecule has 2 amide bonds. The van der Waals surface area contributed by atoms with Crippen LogP contribution in [-0.2, 0) is 16.1 Å². The molecule has 0 saturated carbocycles. The molecule has 0 spiro atoms. The first kappa shape index (κ1) is 21.4.